The molecule has 9 heteroatoms. The molecule has 0 saturated carbocycles. The number of rotatable bonds is 79. The number of carboxylic acid groups (broad SMARTS) is 1. The van der Waals surface area contributed by atoms with Crippen molar-refractivity contribution in [2.24, 2.45) is 0 Å². The van der Waals surface area contributed by atoms with Gasteiger partial charge in [-0.1, -0.05) is 386 Å². The van der Waals surface area contributed by atoms with E-state index >= 15 is 0 Å². The van der Waals surface area contributed by atoms with Gasteiger partial charge >= 0.3 is 17.9 Å². The smallest absolute Gasteiger partial charge is 0.361 e. The first-order chi connectivity index (χ1) is 49.6. The van der Waals surface area contributed by atoms with Gasteiger partial charge in [0.05, 0.1) is 34.4 Å². The number of hydrogen-bond donors (Lipinski definition) is 1. The van der Waals surface area contributed by atoms with Gasteiger partial charge < -0.3 is 28.5 Å². The standard InChI is InChI=1S/C92H161NO8/c1-6-8-10-12-14-16-18-20-22-24-26-28-30-32-34-36-38-40-42-44-45-47-48-50-52-54-56-58-60-62-64-66-68-70-72-74-76-78-80-82-89(94)99-86-88(87-100-92(91(96)97)98-85-84-93(3,4)5)101-90(95)83-81-79-77-75-73-71-69-67-65-63-61-59-57-55-53-51-49-46-43-41-39-37-35-33-31-29-27-25-23-21-19-17-15-13-11-9-7-2/h9,11,15,17-18,20-21,23-24,26-27,29,33,35,39,41,46,49,53,55,88,92H,6-8,10,12-14,16,19,22,25,28,30-32,34,36-38,40,42-45,47-48,50-52,54,56-87H2,1-5H3/p+1/b11-9-,17-15-,20-18-,23-21-,26-24-,29-27-,35-33-,41-39-,49-46-,55-53-. The lowest BCUT2D eigenvalue weighted by Crippen LogP contribution is -2.40. The van der Waals surface area contributed by atoms with Crippen LogP contribution in [0.3, 0.4) is 0 Å². The molecule has 0 aromatic carbocycles. The van der Waals surface area contributed by atoms with Crippen LogP contribution in [0.5, 0.6) is 0 Å². The summed E-state index contributed by atoms with van der Waals surface area (Å²) in [6.45, 7) is 4.79. The van der Waals surface area contributed by atoms with Crippen LogP contribution in [0.25, 0.3) is 0 Å². The highest BCUT2D eigenvalue weighted by atomic mass is 16.7. The Balaban J connectivity index is 3.99. The summed E-state index contributed by atoms with van der Waals surface area (Å²) in [5.41, 5.74) is 0. The Hall–Kier alpha value is -4.31. The number of carboxylic acids is 1. The predicted molar refractivity (Wildman–Crippen MR) is 438 cm³/mol. The fraction of sp³-hybridized carbons (Fsp3) is 0.750. The molecule has 0 amide bonds. The molecule has 0 aromatic heterocycles. The molecular formula is C92H162NO8+. The van der Waals surface area contributed by atoms with E-state index in [0.717, 1.165) is 96.3 Å². The summed E-state index contributed by atoms with van der Waals surface area (Å²) in [5.74, 6) is -1.99. The SMILES string of the molecule is CC/C=C\C/C=C\C/C=C\C/C=C\C/C=C\C/C=C\C/C=C\C/C=C\CCCCCCCCCCCCCCC(=O)OC(COC(=O)CCCCCCCCCCCCCCCCCCCCCCCCCCCCC/C=C\C/C=C\CCCCCCC)COC(OCC[N+](C)(C)C)C(=O)O. The molecule has 0 spiro atoms. The van der Waals surface area contributed by atoms with Gasteiger partial charge in [0.1, 0.15) is 13.2 Å². The van der Waals surface area contributed by atoms with E-state index in [1.54, 1.807) is 0 Å². The first-order valence-corrected chi connectivity index (χ1v) is 42.7. The second kappa shape index (κ2) is 81.4. The van der Waals surface area contributed by atoms with Crippen molar-refractivity contribution in [3.05, 3.63) is 122 Å². The molecule has 0 bridgehead atoms. The van der Waals surface area contributed by atoms with Gasteiger partial charge in [-0.25, -0.2) is 4.79 Å². The average Bonchev–Trinajstić information content (AvgIpc) is 1.25. The number of quaternary nitrogens is 1. The lowest BCUT2D eigenvalue weighted by atomic mass is 10.0. The van der Waals surface area contributed by atoms with Crippen molar-refractivity contribution < 1.29 is 42.9 Å². The van der Waals surface area contributed by atoms with Gasteiger partial charge in [-0.15, -0.1) is 0 Å². The van der Waals surface area contributed by atoms with Gasteiger partial charge in [0.15, 0.2) is 6.10 Å². The number of esters is 2. The zero-order valence-electron chi connectivity index (χ0n) is 66.8. The maximum absolute atomic E-state index is 13.0. The van der Waals surface area contributed by atoms with E-state index in [1.165, 1.54) is 257 Å². The van der Waals surface area contributed by atoms with Crippen LogP contribution >= 0.6 is 0 Å². The Bertz CT molecular complexity index is 2090. The number of hydrogen-bond acceptors (Lipinski definition) is 7. The lowest BCUT2D eigenvalue weighted by molar-refractivity contribution is -0.870. The zero-order chi connectivity index (χ0) is 73.2. The summed E-state index contributed by atoms with van der Waals surface area (Å²) < 4.78 is 23.1. The Morgan fingerprint density at radius 3 is 0.842 bits per heavy atom. The van der Waals surface area contributed by atoms with Gasteiger partial charge in [0, 0.05) is 12.8 Å². The Labute approximate surface area is 625 Å². The monoisotopic (exact) mass is 1410 g/mol. The second-order valence-corrected chi connectivity index (χ2v) is 29.8. The summed E-state index contributed by atoms with van der Waals surface area (Å²) in [6, 6.07) is 0. The Kier molecular flexibility index (Phi) is 77.9. The van der Waals surface area contributed by atoms with Crippen LogP contribution in [0.2, 0.25) is 0 Å². The fourth-order valence-corrected chi connectivity index (χ4v) is 12.2. The number of likely N-dealkylation sites (N-methyl/N-ethyl adjacent to an activating group) is 1. The number of carbonyl (C=O) groups excluding carboxylic acids is 2. The largest absolute Gasteiger partial charge is 0.477 e. The van der Waals surface area contributed by atoms with Crippen LogP contribution in [0.4, 0.5) is 0 Å². The van der Waals surface area contributed by atoms with Crippen molar-refractivity contribution in [3.8, 4) is 0 Å². The molecule has 0 aliphatic carbocycles. The van der Waals surface area contributed by atoms with Crippen LogP contribution in [0, 0.1) is 0 Å². The molecule has 0 aliphatic rings. The highest BCUT2D eigenvalue weighted by molar-refractivity contribution is 5.71. The van der Waals surface area contributed by atoms with E-state index < -0.39 is 24.3 Å². The summed E-state index contributed by atoms with van der Waals surface area (Å²) in [7, 11) is 5.99. The molecule has 582 valence electrons. The fourth-order valence-electron chi connectivity index (χ4n) is 12.2. The summed E-state index contributed by atoms with van der Waals surface area (Å²) in [5, 5.41) is 9.79. The number of aliphatic carboxylic acids is 1. The molecule has 0 aromatic rings. The third-order valence-corrected chi connectivity index (χ3v) is 18.7. The molecule has 0 rings (SSSR count). The molecule has 1 N–H and O–H groups in total. The number of carbonyl (C=O) groups is 3. The molecule has 0 heterocycles. The molecule has 0 saturated heterocycles. The van der Waals surface area contributed by atoms with Gasteiger partial charge in [-0.05, 0) is 109 Å². The predicted octanol–water partition coefficient (Wildman–Crippen LogP) is 27.8. The first kappa shape index (κ1) is 96.7. The minimum atomic E-state index is -1.52. The Morgan fingerprint density at radius 1 is 0.307 bits per heavy atom. The van der Waals surface area contributed by atoms with Crippen molar-refractivity contribution in [2.75, 3.05) is 47.5 Å². The third kappa shape index (κ3) is 82.8. The lowest BCUT2D eigenvalue weighted by Gasteiger charge is -2.25. The molecule has 2 unspecified atom stereocenters. The quantitative estimate of drug-likeness (QED) is 0.0211. The van der Waals surface area contributed by atoms with E-state index in [4.69, 9.17) is 18.9 Å². The van der Waals surface area contributed by atoms with Crippen molar-refractivity contribution in [2.45, 2.75) is 399 Å². The van der Waals surface area contributed by atoms with Gasteiger partial charge in [-0.3, -0.25) is 9.59 Å². The van der Waals surface area contributed by atoms with Crippen molar-refractivity contribution in [3.63, 3.8) is 0 Å². The minimum Gasteiger partial charge on any atom is -0.477 e. The molecule has 2 atom stereocenters. The molecular weight excluding hydrogens is 1250 g/mol. The molecule has 101 heavy (non-hydrogen) atoms. The van der Waals surface area contributed by atoms with Crippen molar-refractivity contribution in [1.82, 2.24) is 0 Å². The van der Waals surface area contributed by atoms with Crippen molar-refractivity contribution >= 4 is 17.9 Å². The van der Waals surface area contributed by atoms with E-state index in [1.807, 2.05) is 21.1 Å². The number of allylic oxidation sites excluding steroid dienone is 20. The highest BCUT2D eigenvalue weighted by Gasteiger charge is 2.25. The maximum atomic E-state index is 13.0. The number of unbranched alkanes of at least 4 members (excludes halogenated alkanes) is 44. The third-order valence-electron chi connectivity index (χ3n) is 18.7. The van der Waals surface area contributed by atoms with E-state index in [-0.39, 0.29) is 32.2 Å². The first-order valence-electron chi connectivity index (χ1n) is 42.7. The molecule has 0 radical (unpaired) electrons. The maximum Gasteiger partial charge on any atom is 0.361 e. The summed E-state index contributed by atoms with van der Waals surface area (Å²) in [4.78, 5) is 37.8. The topological polar surface area (TPSA) is 108 Å². The van der Waals surface area contributed by atoms with Gasteiger partial charge in [0.2, 0.25) is 0 Å². The van der Waals surface area contributed by atoms with E-state index in [0.29, 0.717) is 23.9 Å². The highest BCUT2D eigenvalue weighted by Crippen LogP contribution is 2.19. The number of ether oxygens (including phenoxy) is 4. The molecule has 0 fully saturated rings. The molecule has 9 nitrogen and oxygen atoms in total. The average molecular weight is 1410 g/mol. The normalized spacial score (nSPS) is 13.2. The van der Waals surface area contributed by atoms with E-state index in [2.05, 4.69) is 135 Å². The van der Waals surface area contributed by atoms with Crippen LogP contribution in [-0.2, 0) is 33.3 Å². The van der Waals surface area contributed by atoms with E-state index in [9.17, 15) is 19.5 Å². The van der Waals surface area contributed by atoms with Crippen LogP contribution in [0.1, 0.15) is 386 Å². The van der Waals surface area contributed by atoms with Crippen LogP contribution in [-0.4, -0.2) is 87.4 Å². The van der Waals surface area contributed by atoms with Gasteiger partial charge in [0.25, 0.3) is 6.29 Å². The second-order valence-electron chi connectivity index (χ2n) is 29.8. The van der Waals surface area contributed by atoms with Crippen LogP contribution in [0.15, 0.2) is 122 Å². The number of nitrogens with zero attached hydrogens (tertiary/aromatic N) is 1. The van der Waals surface area contributed by atoms with Crippen LogP contribution < -0.4 is 0 Å². The molecule has 0 aliphatic heterocycles. The van der Waals surface area contributed by atoms with Crippen molar-refractivity contribution in [1.29, 1.82) is 0 Å². The van der Waals surface area contributed by atoms with Gasteiger partial charge in [-0.2, -0.15) is 0 Å². The summed E-state index contributed by atoms with van der Waals surface area (Å²) >= 11 is 0. The zero-order valence-corrected chi connectivity index (χ0v) is 66.8. The minimum absolute atomic E-state index is 0.184. The Morgan fingerprint density at radius 2 is 0.564 bits per heavy atom. The summed E-state index contributed by atoms with van der Waals surface area (Å²) in [6.07, 6.45) is 114.